The standard InChI is InChI=1S/C22H19ClN2O4/c1-29-22(26)19-13-18(23)9-8-17(19)11-16-7-10-20(21(12-16)25(27)28)24-14-15-5-3-2-4-6-15/h2-10,12-13,24H,11,14H2,1H3. The van der Waals surface area contributed by atoms with E-state index in [0.717, 1.165) is 5.56 Å². The number of benzene rings is 3. The molecule has 0 aliphatic heterocycles. The normalized spacial score (nSPS) is 10.4. The molecule has 0 bridgehead atoms. The molecule has 7 heteroatoms. The largest absolute Gasteiger partial charge is 0.465 e. The van der Waals surface area contributed by atoms with E-state index in [1.807, 2.05) is 30.3 Å². The summed E-state index contributed by atoms with van der Waals surface area (Å²) in [7, 11) is 1.30. The molecule has 6 nitrogen and oxygen atoms in total. The first kappa shape index (κ1) is 20.4. The van der Waals surface area contributed by atoms with Gasteiger partial charge in [-0.2, -0.15) is 0 Å². The first-order chi connectivity index (χ1) is 14.0. The van der Waals surface area contributed by atoms with Gasteiger partial charge in [0.2, 0.25) is 0 Å². The Morgan fingerprint density at radius 2 is 1.83 bits per heavy atom. The van der Waals surface area contributed by atoms with E-state index in [9.17, 15) is 14.9 Å². The molecule has 3 aromatic carbocycles. The predicted octanol–water partition coefficient (Wildman–Crippen LogP) is 5.24. The van der Waals surface area contributed by atoms with Crippen molar-refractivity contribution in [3.05, 3.63) is 104 Å². The number of methoxy groups -OCH3 is 1. The molecule has 0 aliphatic rings. The number of esters is 1. The summed E-state index contributed by atoms with van der Waals surface area (Å²) < 4.78 is 4.81. The summed E-state index contributed by atoms with van der Waals surface area (Å²) >= 11 is 5.99. The van der Waals surface area contributed by atoms with Gasteiger partial charge in [-0.25, -0.2) is 4.79 Å². The minimum Gasteiger partial charge on any atom is -0.465 e. The first-order valence-corrected chi connectivity index (χ1v) is 9.27. The molecule has 0 unspecified atom stereocenters. The Balaban J connectivity index is 1.85. The average Bonchev–Trinajstić information content (AvgIpc) is 2.74. The molecule has 1 N–H and O–H groups in total. The van der Waals surface area contributed by atoms with E-state index < -0.39 is 10.9 Å². The monoisotopic (exact) mass is 410 g/mol. The molecular weight excluding hydrogens is 392 g/mol. The molecule has 0 radical (unpaired) electrons. The van der Waals surface area contributed by atoms with Gasteiger partial charge < -0.3 is 10.1 Å². The fraction of sp³-hybridized carbons (Fsp3) is 0.136. The van der Waals surface area contributed by atoms with Crippen molar-refractivity contribution in [3.63, 3.8) is 0 Å². The van der Waals surface area contributed by atoms with Gasteiger partial charge >= 0.3 is 5.97 Å². The second-order valence-corrected chi connectivity index (χ2v) is 6.85. The third-order valence-electron chi connectivity index (χ3n) is 4.46. The highest BCUT2D eigenvalue weighted by atomic mass is 35.5. The smallest absolute Gasteiger partial charge is 0.338 e. The molecule has 148 valence electrons. The van der Waals surface area contributed by atoms with Gasteiger partial charge in [-0.05, 0) is 41.3 Å². The molecule has 0 fully saturated rings. The molecule has 0 saturated heterocycles. The Morgan fingerprint density at radius 3 is 2.52 bits per heavy atom. The number of carbonyl (C=O) groups is 1. The minimum absolute atomic E-state index is 0.0213. The van der Waals surface area contributed by atoms with Crippen molar-refractivity contribution in [2.24, 2.45) is 0 Å². The molecule has 0 heterocycles. The van der Waals surface area contributed by atoms with Crippen LogP contribution in [0, 0.1) is 10.1 Å². The van der Waals surface area contributed by atoms with Crippen LogP contribution in [0.3, 0.4) is 0 Å². The third-order valence-corrected chi connectivity index (χ3v) is 4.69. The highest BCUT2D eigenvalue weighted by molar-refractivity contribution is 6.31. The topological polar surface area (TPSA) is 81.5 Å². The van der Waals surface area contributed by atoms with Gasteiger partial charge in [-0.3, -0.25) is 10.1 Å². The quantitative estimate of drug-likeness (QED) is 0.327. The van der Waals surface area contributed by atoms with Gasteiger partial charge in [-0.15, -0.1) is 0 Å². The zero-order valence-electron chi connectivity index (χ0n) is 15.7. The predicted molar refractivity (Wildman–Crippen MR) is 112 cm³/mol. The Hall–Kier alpha value is -3.38. The lowest BCUT2D eigenvalue weighted by atomic mass is 9.99. The lowest BCUT2D eigenvalue weighted by Gasteiger charge is -2.11. The third kappa shape index (κ3) is 5.12. The number of nitro groups is 1. The highest BCUT2D eigenvalue weighted by Crippen LogP contribution is 2.28. The van der Waals surface area contributed by atoms with Gasteiger partial charge in [0.15, 0.2) is 0 Å². The van der Waals surface area contributed by atoms with E-state index in [4.69, 9.17) is 16.3 Å². The molecule has 0 aliphatic carbocycles. The maximum absolute atomic E-state index is 12.0. The second-order valence-electron chi connectivity index (χ2n) is 6.42. The van der Waals surface area contributed by atoms with Gasteiger partial charge in [-0.1, -0.05) is 54.1 Å². The molecule has 0 saturated carbocycles. The van der Waals surface area contributed by atoms with Gasteiger partial charge in [0.25, 0.3) is 5.69 Å². The van der Waals surface area contributed by atoms with Crippen LogP contribution < -0.4 is 5.32 Å². The summed E-state index contributed by atoms with van der Waals surface area (Å²) in [5.41, 5.74) is 3.16. The van der Waals surface area contributed by atoms with E-state index >= 15 is 0 Å². The van der Waals surface area contributed by atoms with Gasteiger partial charge in [0.05, 0.1) is 17.6 Å². The lowest BCUT2D eigenvalue weighted by Crippen LogP contribution is -2.07. The summed E-state index contributed by atoms with van der Waals surface area (Å²) in [5.74, 6) is -0.502. The maximum Gasteiger partial charge on any atom is 0.338 e. The Labute approximate surface area is 173 Å². The Morgan fingerprint density at radius 1 is 1.07 bits per heavy atom. The average molecular weight is 411 g/mol. The molecular formula is C22H19ClN2O4. The Kier molecular flexibility index (Phi) is 6.46. The number of nitrogens with one attached hydrogen (secondary N) is 1. The summed E-state index contributed by atoms with van der Waals surface area (Å²) in [4.78, 5) is 23.2. The van der Waals surface area contributed by atoms with Crippen LogP contribution in [0.1, 0.15) is 27.0 Å². The van der Waals surface area contributed by atoms with E-state index in [0.29, 0.717) is 40.4 Å². The lowest BCUT2D eigenvalue weighted by molar-refractivity contribution is -0.384. The fourth-order valence-electron chi connectivity index (χ4n) is 3.00. The minimum atomic E-state index is -0.502. The van der Waals surface area contributed by atoms with E-state index in [2.05, 4.69) is 5.32 Å². The van der Waals surface area contributed by atoms with E-state index in [-0.39, 0.29) is 5.69 Å². The Bertz CT molecular complexity index is 1040. The second kappa shape index (κ2) is 9.21. The van der Waals surface area contributed by atoms with Crippen molar-refractivity contribution >= 4 is 28.9 Å². The summed E-state index contributed by atoms with van der Waals surface area (Å²) in [6, 6.07) is 19.6. The van der Waals surface area contributed by atoms with Crippen molar-refractivity contribution in [3.8, 4) is 0 Å². The van der Waals surface area contributed by atoms with Crippen molar-refractivity contribution < 1.29 is 14.5 Å². The van der Waals surface area contributed by atoms with Crippen LogP contribution in [-0.2, 0) is 17.7 Å². The van der Waals surface area contributed by atoms with Crippen molar-refractivity contribution in [2.45, 2.75) is 13.0 Å². The van der Waals surface area contributed by atoms with Crippen LogP contribution in [0.25, 0.3) is 0 Å². The molecule has 0 amide bonds. The number of rotatable bonds is 7. The maximum atomic E-state index is 12.0. The fourth-order valence-corrected chi connectivity index (χ4v) is 3.18. The number of nitrogens with zero attached hydrogens (tertiary/aromatic N) is 1. The molecule has 3 aromatic rings. The van der Waals surface area contributed by atoms with Crippen molar-refractivity contribution in [1.82, 2.24) is 0 Å². The zero-order valence-corrected chi connectivity index (χ0v) is 16.5. The summed E-state index contributed by atoms with van der Waals surface area (Å²) in [5, 5.41) is 15.1. The number of anilines is 1. The van der Waals surface area contributed by atoms with E-state index in [1.54, 1.807) is 24.3 Å². The van der Waals surface area contributed by atoms with Crippen LogP contribution in [-0.4, -0.2) is 18.0 Å². The zero-order chi connectivity index (χ0) is 20.8. The number of hydrogen-bond donors (Lipinski definition) is 1. The van der Waals surface area contributed by atoms with Crippen LogP contribution in [0.15, 0.2) is 66.7 Å². The number of halogens is 1. The van der Waals surface area contributed by atoms with Crippen LogP contribution >= 0.6 is 11.6 Å². The van der Waals surface area contributed by atoms with Crippen molar-refractivity contribution in [1.29, 1.82) is 0 Å². The number of carbonyl (C=O) groups excluding carboxylic acids is 1. The van der Waals surface area contributed by atoms with Crippen LogP contribution in [0.5, 0.6) is 0 Å². The molecule has 3 rings (SSSR count). The number of hydrogen-bond acceptors (Lipinski definition) is 5. The SMILES string of the molecule is COC(=O)c1cc(Cl)ccc1Cc1ccc(NCc2ccccc2)c([N+](=O)[O-])c1. The van der Waals surface area contributed by atoms with E-state index in [1.165, 1.54) is 19.2 Å². The molecule has 0 aromatic heterocycles. The van der Waals surface area contributed by atoms with Crippen molar-refractivity contribution in [2.75, 3.05) is 12.4 Å². The summed E-state index contributed by atoms with van der Waals surface area (Å²) in [6.07, 6.45) is 0.335. The summed E-state index contributed by atoms with van der Waals surface area (Å²) in [6.45, 7) is 0.477. The van der Waals surface area contributed by atoms with Gasteiger partial charge in [0.1, 0.15) is 5.69 Å². The van der Waals surface area contributed by atoms with Crippen LogP contribution in [0.4, 0.5) is 11.4 Å². The molecule has 0 atom stereocenters. The molecule has 0 spiro atoms. The number of ether oxygens (including phenoxy) is 1. The first-order valence-electron chi connectivity index (χ1n) is 8.90. The van der Waals surface area contributed by atoms with Crippen LogP contribution in [0.2, 0.25) is 5.02 Å². The van der Waals surface area contributed by atoms with Gasteiger partial charge in [0, 0.05) is 17.6 Å². The number of nitro benzene ring substituents is 1. The molecule has 29 heavy (non-hydrogen) atoms. The highest BCUT2D eigenvalue weighted by Gasteiger charge is 2.17.